The van der Waals surface area contributed by atoms with Gasteiger partial charge in [0.25, 0.3) is 0 Å². The molecular weight excluding hydrogens is 354 g/mol. The summed E-state index contributed by atoms with van der Waals surface area (Å²) >= 11 is 0. The van der Waals surface area contributed by atoms with Crippen LogP contribution in [0, 0.1) is 0 Å². The van der Waals surface area contributed by atoms with Crippen molar-refractivity contribution in [1.82, 2.24) is 19.5 Å². The van der Waals surface area contributed by atoms with Gasteiger partial charge in [-0.1, -0.05) is 19.1 Å². The third-order valence-corrected chi connectivity index (χ3v) is 5.19. The number of nitrogens with two attached hydrogens (primary N) is 1. The lowest BCUT2D eigenvalue weighted by molar-refractivity contribution is 0.0492. The number of benzene rings is 1. The largest absolute Gasteiger partial charge is 0.462 e. The second-order valence-electron chi connectivity index (χ2n) is 5.49. The van der Waals surface area contributed by atoms with E-state index in [4.69, 9.17) is 10.5 Å². The molecule has 0 spiro atoms. The van der Waals surface area contributed by atoms with E-state index in [0.717, 1.165) is 0 Å². The van der Waals surface area contributed by atoms with Gasteiger partial charge in [-0.25, -0.2) is 19.7 Å². The van der Waals surface area contributed by atoms with Crippen molar-refractivity contribution in [2.24, 2.45) is 0 Å². The summed E-state index contributed by atoms with van der Waals surface area (Å²) in [6.45, 7) is 2.61. The Hall–Kier alpha value is -2.81. The molecule has 2 heterocycles. The fraction of sp³-hybridized carbons (Fsp3) is 0.294. The van der Waals surface area contributed by atoms with E-state index in [-0.39, 0.29) is 6.61 Å². The molecule has 26 heavy (non-hydrogen) atoms. The van der Waals surface area contributed by atoms with Gasteiger partial charge in [-0.3, -0.25) is 4.21 Å². The fourth-order valence-electron chi connectivity index (χ4n) is 2.53. The minimum absolute atomic E-state index is 0.228. The van der Waals surface area contributed by atoms with E-state index < -0.39 is 16.8 Å². The monoisotopic (exact) mass is 373 g/mol. The number of aromatic nitrogens is 4. The number of anilines is 1. The Kier molecular flexibility index (Phi) is 5.57. The number of esters is 1. The molecule has 0 bridgehead atoms. The molecule has 3 rings (SSSR count). The quantitative estimate of drug-likeness (QED) is 0.496. The Labute approximate surface area is 152 Å². The highest BCUT2D eigenvalue weighted by atomic mass is 32.2. The molecule has 0 saturated heterocycles. The maximum atomic E-state index is 12.3. The van der Waals surface area contributed by atoms with Crippen LogP contribution in [0.25, 0.3) is 11.2 Å². The van der Waals surface area contributed by atoms with Crippen molar-refractivity contribution >= 4 is 33.8 Å². The predicted molar refractivity (Wildman–Crippen MR) is 98.0 cm³/mol. The standard InChI is InChI=1S/C17H19N5O3S/c1-2-26(24)13-7-4-3-6-12(13)17(23)25-9-5-8-22-11-21-14-15(18)19-10-20-16(14)22/h3-4,6-7,10-11H,2,5,8-9H2,1H3,(H2,18,19,20). The van der Waals surface area contributed by atoms with E-state index in [0.29, 0.717) is 46.2 Å². The minimum Gasteiger partial charge on any atom is -0.462 e. The van der Waals surface area contributed by atoms with Gasteiger partial charge in [0.15, 0.2) is 11.5 Å². The van der Waals surface area contributed by atoms with Crippen LogP contribution < -0.4 is 5.73 Å². The maximum Gasteiger partial charge on any atom is 0.339 e. The molecule has 8 nitrogen and oxygen atoms in total. The number of nitrogen functional groups attached to an aromatic ring is 1. The van der Waals surface area contributed by atoms with Crippen molar-refractivity contribution < 1.29 is 13.7 Å². The molecule has 2 N–H and O–H groups in total. The van der Waals surface area contributed by atoms with Crippen LogP contribution in [0.5, 0.6) is 0 Å². The zero-order valence-corrected chi connectivity index (χ0v) is 15.1. The predicted octanol–water partition coefficient (Wildman–Crippen LogP) is 1.78. The first-order valence-electron chi connectivity index (χ1n) is 8.17. The number of imidazole rings is 1. The van der Waals surface area contributed by atoms with Crippen molar-refractivity contribution in [2.45, 2.75) is 24.8 Å². The highest BCUT2D eigenvalue weighted by Crippen LogP contribution is 2.16. The number of aryl methyl sites for hydroxylation is 1. The zero-order valence-electron chi connectivity index (χ0n) is 14.3. The summed E-state index contributed by atoms with van der Waals surface area (Å²) in [6.07, 6.45) is 3.61. The third-order valence-electron chi connectivity index (χ3n) is 3.82. The lowest BCUT2D eigenvalue weighted by Crippen LogP contribution is -2.12. The highest BCUT2D eigenvalue weighted by molar-refractivity contribution is 7.85. The van der Waals surface area contributed by atoms with E-state index >= 15 is 0 Å². The molecule has 0 fully saturated rings. The fourth-order valence-corrected chi connectivity index (χ4v) is 3.47. The number of rotatable bonds is 7. The first-order chi connectivity index (χ1) is 12.6. The number of hydrogen-bond donors (Lipinski definition) is 1. The third kappa shape index (κ3) is 3.72. The first-order valence-corrected chi connectivity index (χ1v) is 9.49. The van der Waals surface area contributed by atoms with E-state index in [1.54, 1.807) is 30.6 Å². The van der Waals surface area contributed by atoms with Crippen LogP contribution in [0.4, 0.5) is 5.82 Å². The summed E-state index contributed by atoms with van der Waals surface area (Å²) in [6, 6.07) is 6.82. The SMILES string of the molecule is CCS(=O)c1ccccc1C(=O)OCCCn1cnc2c(N)ncnc21. The molecule has 3 aromatic rings. The average molecular weight is 373 g/mol. The number of fused-ring (bicyclic) bond motifs is 1. The molecule has 0 aliphatic rings. The van der Waals surface area contributed by atoms with Crippen LogP contribution in [0.1, 0.15) is 23.7 Å². The molecule has 2 aromatic heterocycles. The summed E-state index contributed by atoms with van der Waals surface area (Å²) in [7, 11) is -1.21. The van der Waals surface area contributed by atoms with Crippen molar-refractivity contribution in [1.29, 1.82) is 0 Å². The van der Waals surface area contributed by atoms with Gasteiger partial charge >= 0.3 is 5.97 Å². The lowest BCUT2D eigenvalue weighted by atomic mass is 10.2. The smallest absolute Gasteiger partial charge is 0.339 e. The van der Waals surface area contributed by atoms with Crippen LogP contribution in [0.15, 0.2) is 41.8 Å². The number of ether oxygens (including phenoxy) is 1. The molecule has 0 amide bonds. The van der Waals surface area contributed by atoms with Gasteiger partial charge in [0.1, 0.15) is 11.8 Å². The van der Waals surface area contributed by atoms with Gasteiger partial charge in [0, 0.05) is 12.3 Å². The van der Waals surface area contributed by atoms with Gasteiger partial charge in [-0.05, 0) is 18.6 Å². The molecule has 0 radical (unpaired) electrons. The summed E-state index contributed by atoms with van der Waals surface area (Å²) in [5.41, 5.74) is 7.31. The van der Waals surface area contributed by atoms with Crippen molar-refractivity contribution in [3.8, 4) is 0 Å². The molecule has 136 valence electrons. The van der Waals surface area contributed by atoms with Crippen LogP contribution >= 0.6 is 0 Å². The number of hydrogen-bond acceptors (Lipinski definition) is 7. The Morgan fingerprint density at radius 3 is 2.88 bits per heavy atom. The lowest BCUT2D eigenvalue weighted by Gasteiger charge is -2.09. The summed E-state index contributed by atoms with van der Waals surface area (Å²) < 4.78 is 19.2. The highest BCUT2D eigenvalue weighted by Gasteiger charge is 2.16. The van der Waals surface area contributed by atoms with Crippen LogP contribution in [0.2, 0.25) is 0 Å². The van der Waals surface area contributed by atoms with E-state index in [9.17, 15) is 9.00 Å². The second kappa shape index (κ2) is 8.05. The summed E-state index contributed by atoms with van der Waals surface area (Å²) in [5, 5.41) is 0. The molecule has 0 aliphatic carbocycles. The number of carbonyl (C=O) groups excluding carboxylic acids is 1. The Balaban J connectivity index is 1.59. The molecule has 0 saturated carbocycles. The van der Waals surface area contributed by atoms with Gasteiger partial charge in [0.05, 0.1) is 34.2 Å². The average Bonchev–Trinajstić information content (AvgIpc) is 3.09. The summed E-state index contributed by atoms with van der Waals surface area (Å²) in [4.78, 5) is 25.1. The van der Waals surface area contributed by atoms with Crippen molar-refractivity contribution in [3.63, 3.8) is 0 Å². The zero-order chi connectivity index (χ0) is 18.5. The van der Waals surface area contributed by atoms with E-state index in [1.807, 2.05) is 11.5 Å². The molecular formula is C17H19N5O3S. The van der Waals surface area contributed by atoms with Gasteiger partial charge in [-0.2, -0.15) is 0 Å². The molecule has 1 atom stereocenters. The van der Waals surface area contributed by atoms with Gasteiger partial charge in [0.2, 0.25) is 0 Å². The topological polar surface area (TPSA) is 113 Å². The maximum absolute atomic E-state index is 12.3. The molecule has 0 aliphatic heterocycles. The van der Waals surface area contributed by atoms with Crippen LogP contribution in [-0.4, -0.2) is 42.1 Å². The van der Waals surface area contributed by atoms with Crippen molar-refractivity contribution in [2.75, 3.05) is 18.1 Å². The molecule has 1 unspecified atom stereocenters. The molecule has 9 heteroatoms. The van der Waals surface area contributed by atoms with Crippen LogP contribution in [0.3, 0.4) is 0 Å². The Morgan fingerprint density at radius 1 is 1.27 bits per heavy atom. The second-order valence-corrected chi connectivity index (χ2v) is 7.20. The first kappa shape index (κ1) is 18.0. The molecule has 1 aromatic carbocycles. The number of carbonyl (C=O) groups is 1. The number of nitrogens with zero attached hydrogens (tertiary/aromatic N) is 4. The van der Waals surface area contributed by atoms with E-state index in [1.165, 1.54) is 6.33 Å². The van der Waals surface area contributed by atoms with Gasteiger partial charge < -0.3 is 15.0 Å². The summed E-state index contributed by atoms with van der Waals surface area (Å²) in [5.74, 6) is 0.313. The minimum atomic E-state index is -1.21. The normalized spacial score (nSPS) is 12.2. The Morgan fingerprint density at radius 2 is 2.08 bits per heavy atom. The van der Waals surface area contributed by atoms with Gasteiger partial charge in [-0.15, -0.1) is 0 Å². The van der Waals surface area contributed by atoms with E-state index in [2.05, 4.69) is 15.0 Å². The Bertz CT molecular complexity index is 956. The van der Waals surface area contributed by atoms with Crippen LogP contribution in [-0.2, 0) is 22.1 Å². The van der Waals surface area contributed by atoms with Crippen molar-refractivity contribution in [3.05, 3.63) is 42.5 Å².